The molecule has 0 aromatic heterocycles. The van der Waals surface area contributed by atoms with Crippen molar-refractivity contribution in [2.24, 2.45) is 62.4 Å². The van der Waals surface area contributed by atoms with Gasteiger partial charge in [-0.15, -0.1) is 0 Å². The van der Waals surface area contributed by atoms with Crippen molar-refractivity contribution in [3.05, 3.63) is 12.2 Å². The number of Topliss-reactive ketones (excluding diaryl/α,β-unsaturated/α-hetero) is 2. The molecule has 0 aliphatic heterocycles. The lowest BCUT2D eigenvalue weighted by Gasteiger charge is -2.72. The maximum Gasteiger partial charge on any atom is 0.226 e. The fraction of sp³-hybridized carbons (Fsp3) is 0.865. The molecular formula is C37H60N2O3. The lowest BCUT2D eigenvalue weighted by molar-refractivity contribution is -0.233. The third kappa shape index (κ3) is 4.52. The van der Waals surface area contributed by atoms with Crippen molar-refractivity contribution in [1.29, 1.82) is 0 Å². The number of amides is 1. The standard InChI is InChI=1S/C37H60N2O3/c1-23(2)25-14-19-37(32(42)39-22-10-9-11-27(38)24(3)40)21-20-35(7)26(31(25)37)12-13-29-34(6)17-16-30(41)33(4,5)28(34)15-18-36(29,35)8/h25-29,31H,1,9-22,38H2,2-8H3,(H,39,42)/t25?,26-,27?,28+,29-,31?,34+,35-,36-,37?/m1/s1. The molecule has 5 aliphatic carbocycles. The van der Waals surface area contributed by atoms with Crippen molar-refractivity contribution in [2.75, 3.05) is 6.54 Å². The van der Waals surface area contributed by atoms with Gasteiger partial charge in [0.05, 0.1) is 11.5 Å². The van der Waals surface area contributed by atoms with E-state index >= 15 is 0 Å². The fourth-order valence-corrected chi connectivity index (χ4v) is 12.4. The summed E-state index contributed by atoms with van der Waals surface area (Å²) in [5, 5.41) is 3.38. The van der Waals surface area contributed by atoms with Gasteiger partial charge in [0.25, 0.3) is 0 Å². The number of hydrogen-bond donors (Lipinski definition) is 2. The van der Waals surface area contributed by atoms with Crippen LogP contribution in [0.5, 0.6) is 0 Å². The second-order valence-electron chi connectivity index (χ2n) is 17.0. The van der Waals surface area contributed by atoms with Crippen LogP contribution in [0.4, 0.5) is 0 Å². The van der Waals surface area contributed by atoms with Crippen LogP contribution in [0.2, 0.25) is 0 Å². The number of nitrogens with two attached hydrogens (primary N) is 1. The van der Waals surface area contributed by atoms with Crippen molar-refractivity contribution in [3.8, 4) is 0 Å². The summed E-state index contributed by atoms with van der Waals surface area (Å²) in [5.74, 6) is 3.16. The SMILES string of the molecule is C=C(C)C1CCC2(C(=O)NCCCCC(N)C(C)=O)CC[C@]3(C)[C@H](CC[C@@H]4[C@@]5(C)CCC(=O)C(C)(C)[C@@H]5CC[C@]43C)C12. The molecule has 10 atom stereocenters. The number of allylic oxidation sites excluding steroid dienone is 1. The van der Waals surface area contributed by atoms with Crippen LogP contribution in [0.3, 0.4) is 0 Å². The van der Waals surface area contributed by atoms with E-state index in [-0.39, 0.29) is 44.8 Å². The lowest BCUT2D eigenvalue weighted by Crippen LogP contribution is -2.67. The van der Waals surface area contributed by atoms with Crippen LogP contribution in [-0.4, -0.2) is 30.1 Å². The van der Waals surface area contributed by atoms with Gasteiger partial charge in [0.15, 0.2) is 0 Å². The zero-order valence-electron chi connectivity index (χ0n) is 27.9. The van der Waals surface area contributed by atoms with Crippen LogP contribution in [0.15, 0.2) is 12.2 Å². The molecule has 42 heavy (non-hydrogen) atoms. The molecule has 5 nitrogen and oxygen atoms in total. The Morgan fingerprint density at radius 1 is 0.905 bits per heavy atom. The maximum absolute atomic E-state index is 14.2. The first-order valence-corrected chi connectivity index (χ1v) is 17.3. The minimum atomic E-state index is -0.389. The predicted octanol–water partition coefficient (Wildman–Crippen LogP) is 7.42. The number of carbonyl (C=O) groups is 3. The van der Waals surface area contributed by atoms with Crippen molar-refractivity contribution in [2.45, 2.75) is 138 Å². The monoisotopic (exact) mass is 580 g/mol. The Kier molecular flexibility index (Phi) is 8.24. The Morgan fingerprint density at radius 3 is 2.29 bits per heavy atom. The number of nitrogens with one attached hydrogen (secondary N) is 1. The fourth-order valence-electron chi connectivity index (χ4n) is 12.4. The summed E-state index contributed by atoms with van der Waals surface area (Å²) in [4.78, 5) is 38.8. The normalized spacial score (nSPS) is 44.7. The Balaban J connectivity index is 1.39. The Bertz CT molecular complexity index is 1130. The third-order valence-corrected chi connectivity index (χ3v) is 15.0. The molecule has 1 amide bonds. The second kappa shape index (κ2) is 10.8. The highest BCUT2D eigenvalue weighted by Gasteiger charge is 2.71. The number of hydrogen-bond acceptors (Lipinski definition) is 4. The summed E-state index contributed by atoms with van der Waals surface area (Å²) < 4.78 is 0. The summed E-state index contributed by atoms with van der Waals surface area (Å²) in [6.07, 6.45) is 13.1. The first-order valence-electron chi connectivity index (χ1n) is 17.3. The number of ketones is 2. The number of unbranched alkanes of at least 4 members (excludes halogenated alkanes) is 1. The van der Waals surface area contributed by atoms with Gasteiger partial charge >= 0.3 is 0 Å². The van der Waals surface area contributed by atoms with Gasteiger partial charge in [0, 0.05) is 18.4 Å². The maximum atomic E-state index is 14.2. The molecule has 5 rings (SSSR count). The van der Waals surface area contributed by atoms with E-state index in [1.807, 2.05) is 0 Å². The van der Waals surface area contributed by atoms with Gasteiger partial charge in [0.2, 0.25) is 5.91 Å². The third-order valence-electron chi connectivity index (χ3n) is 15.0. The van der Waals surface area contributed by atoms with E-state index in [2.05, 4.69) is 53.4 Å². The minimum absolute atomic E-state index is 0.0365. The van der Waals surface area contributed by atoms with E-state index in [0.717, 1.165) is 57.8 Å². The van der Waals surface area contributed by atoms with E-state index in [0.29, 0.717) is 48.3 Å². The molecule has 5 saturated carbocycles. The zero-order chi connectivity index (χ0) is 30.9. The highest BCUT2D eigenvalue weighted by Crippen LogP contribution is 2.77. The zero-order valence-corrected chi connectivity index (χ0v) is 27.9. The molecule has 5 aliphatic rings. The van der Waals surface area contributed by atoms with Crippen LogP contribution >= 0.6 is 0 Å². The van der Waals surface area contributed by atoms with E-state index in [1.165, 1.54) is 24.8 Å². The predicted molar refractivity (Wildman–Crippen MR) is 169 cm³/mol. The summed E-state index contributed by atoms with van der Waals surface area (Å²) in [7, 11) is 0. The lowest BCUT2D eigenvalue weighted by atomic mass is 9.32. The van der Waals surface area contributed by atoms with Crippen LogP contribution in [0, 0.1) is 56.7 Å². The first kappa shape index (κ1) is 31.9. The highest BCUT2D eigenvalue weighted by molar-refractivity contribution is 5.85. The Labute approximate surface area is 256 Å². The molecule has 0 aromatic rings. The van der Waals surface area contributed by atoms with Gasteiger partial charge in [-0.2, -0.15) is 0 Å². The molecule has 236 valence electrons. The number of carbonyl (C=O) groups excluding carboxylic acids is 3. The van der Waals surface area contributed by atoms with Crippen LogP contribution in [0.1, 0.15) is 132 Å². The van der Waals surface area contributed by atoms with Crippen molar-refractivity contribution >= 4 is 17.5 Å². The molecule has 5 fully saturated rings. The van der Waals surface area contributed by atoms with Crippen LogP contribution in [0.25, 0.3) is 0 Å². The van der Waals surface area contributed by atoms with E-state index in [4.69, 9.17) is 5.73 Å². The Morgan fingerprint density at radius 2 is 1.62 bits per heavy atom. The number of rotatable bonds is 8. The van der Waals surface area contributed by atoms with Gasteiger partial charge < -0.3 is 11.1 Å². The first-order chi connectivity index (χ1) is 19.6. The molecule has 5 heteroatoms. The van der Waals surface area contributed by atoms with E-state index in [9.17, 15) is 14.4 Å². The summed E-state index contributed by atoms with van der Waals surface area (Å²) in [5.41, 5.74) is 7.27. The van der Waals surface area contributed by atoms with Gasteiger partial charge in [-0.1, -0.05) is 46.8 Å². The van der Waals surface area contributed by atoms with Crippen LogP contribution < -0.4 is 11.1 Å². The minimum Gasteiger partial charge on any atom is -0.356 e. The summed E-state index contributed by atoms with van der Waals surface area (Å²) in [6, 6.07) is -0.389. The highest BCUT2D eigenvalue weighted by atomic mass is 16.2. The van der Waals surface area contributed by atoms with Gasteiger partial charge in [-0.05, 0) is 137 Å². The molecule has 4 unspecified atom stereocenters. The van der Waals surface area contributed by atoms with E-state index < -0.39 is 0 Å². The number of fused-ring (bicyclic) bond motifs is 7. The molecule has 0 heterocycles. The largest absolute Gasteiger partial charge is 0.356 e. The quantitative estimate of drug-likeness (QED) is 0.231. The van der Waals surface area contributed by atoms with Gasteiger partial charge in [-0.3, -0.25) is 14.4 Å². The molecule has 0 bridgehead atoms. The molecule has 3 N–H and O–H groups in total. The molecule has 0 radical (unpaired) electrons. The van der Waals surface area contributed by atoms with E-state index in [1.54, 1.807) is 6.92 Å². The Hall–Kier alpha value is -1.49. The second-order valence-corrected chi connectivity index (χ2v) is 17.0. The van der Waals surface area contributed by atoms with Crippen molar-refractivity contribution < 1.29 is 14.4 Å². The van der Waals surface area contributed by atoms with Crippen LogP contribution in [-0.2, 0) is 14.4 Å². The van der Waals surface area contributed by atoms with Gasteiger partial charge in [0.1, 0.15) is 11.6 Å². The molecule has 0 saturated heterocycles. The smallest absolute Gasteiger partial charge is 0.226 e. The summed E-state index contributed by atoms with van der Waals surface area (Å²) >= 11 is 0. The average Bonchev–Trinajstić information content (AvgIpc) is 3.32. The molecular weight excluding hydrogens is 520 g/mol. The van der Waals surface area contributed by atoms with Gasteiger partial charge in [-0.25, -0.2) is 0 Å². The topological polar surface area (TPSA) is 89.3 Å². The van der Waals surface area contributed by atoms with Crippen molar-refractivity contribution in [3.63, 3.8) is 0 Å². The summed E-state index contributed by atoms with van der Waals surface area (Å²) in [6.45, 7) is 21.1. The van der Waals surface area contributed by atoms with Crippen molar-refractivity contribution in [1.82, 2.24) is 5.32 Å². The molecule has 0 aromatic carbocycles. The average molecular weight is 581 g/mol. The molecule has 0 spiro atoms.